The van der Waals surface area contributed by atoms with Crippen LogP contribution in [0.25, 0.3) is 0 Å². The molecule has 0 aliphatic heterocycles. The van der Waals surface area contributed by atoms with Crippen LogP contribution in [0.3, 0.4) is 0 Å². The van der Waals surface area contributed by atoms with Crippen molar-refractivity contribution in [1.82, 2.24) is 4.13 Å². The first-order valence-electron chi connectivity index (χ1n) is 9.30. The third-order valence-corrected chi connectivity index (χ3v) is 10.7. The van der Waals surface area contributed by atoms with Gasteiger partial charge in [-0.15, -0.1) is 0 Å². The summed E-state index contributed by atoms with van der Waals surface area (Å²) >= 11 is 0. The van der Waals surface area contributed by atoms with Crippen LogP contribution in [0.2, 0.25) is 0 Å². The Hall–Kier alpha value is -2.58. The zero-order valence-corrected chi connectivity index (χ0v) is 21.8. The molecule has 0 bridgehead atoms. The normalized spacial score (nSPS) is 14.7. The van der Waals surface area contributed by atoms with Gasteiger partial charge in [0.15, 0.2) is 0 Å². The Bertz CT molecular complexity index is 1780. The maximum absolute atomic E-state index is 14.2. The van der Waals surface area contributed by atoms with Crippen LogP contribution < -0.4 is 4.13 Å². The van der Waals surface area contributed by atoms with Crippen LogP contribution >= 0.6 is 0 Å². The number of halogens is 10. The fourth-order valence-electron chi connectivity index (χ4n) is 2.46. The minimum atomic E-state index is -7.52. The zero-order valence-electron chi connectivity index (χ0n) is 18.6. The lowest BCUT2D eigenvalue weighted by Crippen LogP contribution is -2.60. The molecule has 2 aromatic rings. The molecule has 0 spiro atoms. The summed E-state index contributed by atoms with van der Waals surface area (Å²) < 4.78 is 243. The van der Waals surface area contributed by atoms with Gasteiger partial charge < -0.3 is 0 Å². The average molecular weight is 693 g/mol. The number of sulfone groups is 1. The van der Waals surface area contributed by atoms with E-state index in [4.69, 9.17) is 4.55 Å². The van der Waals surface area contributed by atoms with Crippen LogP contribution in [0.4, 0.5) is 43.9 Å². The first-order chi connectivity index (χ1) is 18.0. The van der Waals surface area contributed by atoms with Gasteiger partial charge in [-0.25, -0.2) is 38.8 Å². The molecule has 0 aliphatic rings. The van der Waals surface area contributed by atoms with E-state index in [1.807, 2.05) is 4.74 Å². The van der Waals surface area contributed by atoms with E-state index < -0.39 is 95.1 Å². The molecule has 0 unspecified atom stereocenters. The van der Waals surface area contributed by atoms with Gasteiger partial charge in [-0.05, 0) is 36.4 Å². The van der Waals surface area contributed by atoms with E-state index in [-0.39, 0.29) is 40.5 Å². The highest BCUT2D eigenvalue weighted by molar-refractivity contribution is 8.05. The summed E-state index contributed by atoms with van der Waals surface area (Å²) in [5.41, 5.74) is 0. The highest BCUT2D eigenvalue weighted by Gasteiger charge is 2.77. The number of nitrogens with one attached hydrogen (secondary N) is 1. The number of hydrogen-bond acceptors (Lipinski definition) is 9. The van der Waals surface area contributed by atoms with Gasteiger partial charge in [0.1, 0.15) is 16.5 Å². The summed E-state index contributed by atoms with van der Waals surface area (Å²) in [7, 11) is -25.7. The van der Waals surface area contributed by atoms with Crippen molar-refractivity contribution in [3.05, 3.63) is 54.1 Å². The van der Waals surface area contributed by atoms with Crippen molar-refractivity contribution in [2.45, 2.75) is 37.4 Å². The predicted molar refractivity (Wildman–Crippen MR) is 110 cm³/mol. The molecule has 0 aromatic heterocycles. The molecule has 0 saturated heterocycles. The Morgan fingerprint density at radius 3 is 1.54 bits per heavy atom. The Morgan fingerprint density at radius 2 is 1.10 bits per heavy atom. The van der Waals surface area contributed by atoms with Gasteiger partial charge in [-0.3, -0.25) is 4.55 Å². The monoisotopic (exact) mass is 693 g/mol. The van der Waals surface area contributed by atoms with E-state index in [0.717, 1.165) is 0 Å². The van der Waals surface area contributed by atoms with Gasteiger partial charge in [0.2, 0.25) is 0 Å². The van der Waals surface area contributed by atoms with Crippen LogP contribution in [0.15, 0.2) is 57.2 Å². The summed E-state index contributed by atoms with van der Waals surface area (Å²) in [6, 6.07) is -0.122. The maximum atomic E-state index is 14.2. The molecule has 25 heteroatoms. The molecular weight excluding hydrogens is 684 g/mol. The van der Waals surface area contributed by atoms with Crippen LogP contribution in [-0.4, -0.2) is 61.0 Å². The highest BCUT2D eigenvalue weighted by atomic mass is 32.3. The molecule has 11 nitrogen and oxygen atoms in total. The number of alkyl halides is 8. The van der Waals surface area contributed by atoms with Crippen LogP contribution in [0, 0.1) is 11.6 Å². The lowest BCUT2D eigenvalue weighted by Gasteiger charge is -2.32. The molecule has 2 rings (SSSR count). The van der Waals surface area contributed by atoms with Gasteiger partial charge in [-0.2, -0.15) is 43.5 Å². The topological polar surface area (TPSA) is 178 Å². The molecule has 0 atom stereocenters. The Balaban J connectivity index is 2.47. The molecule has 0 aliphatic carbocycles. The van der Waals surface area contributed by atoms with Gasteiger partial charge in [0, 0.05) is 6.07 Å². The molecule has 2 N–H and O–H groups in total. The van der Waals surface area contributed by atoms with E-state index in [1.165, 1.54) is 0 Å². The maximum Gasteiger partial charge on any atom is 0.449 e. The zero-order chi connectivity index (χ0) is 32.3. The van der Waals surface area contributed by atoms with Crippen molar-refractivity contribution in [2.24, 2.45) is 0 Å². The molecule has 0 radical (unpaired) electrons. The third-order valence-electron chi connectivity index (χ3n) is 4.44. The fraction of sp³-hybridized carbons (Fsp3) is 0.250. The molecule has 0 heterocycles. The van der Waals surface area contributed by atoms with Gasteiger partial charge in [0.05, 0.1) is 9.79 Å². The number of hydrogen-bond donors (Lipinski definition) is 2. The molecule has 0 amide bonds. The Labute approximate surface area is 222 Å². The van der Waals surface area contributed by atoms with Gasteiger partial charge in [0.25, 0.3) is 40.0 Å². The molecule has 41 heavy (non-hydrogen) atoms. The van der Waals surface area contributed by atoms with Crippen LogP contribution in [0.1, 0.15) is 0 Å². The quantitative estimate of drug-likeness (QED) is 0.202. The van der Waals surface area contributed by atoms with E-state index in [9.17, 15) is 77.6 Å². The first kappa shape index (κ1) is 34.6. The van der Waals surface area contributed by atoms with Gasteiger partial charge >= 0.3 is 22.7 Å². The average Bonchev–Trinajstić information content (AvgIpc) is 2.76. The second kappa shape index (κ2) is 10.3. The first-order valence-corrected chi connectivity index (χ1v) is 15.2. The number of rotatable bonds is 11. The third kappa shape index (κ3) is 6.29. The fourth-order valence-corrected chi connectivity index (χ4v) is 6.94. The summed E-state index contributed by atoms with van der Waals surface area (Å²) in [5.74, 6) is -4.11. The predicted octanol–water partition coefficient (Wildman–Crippen LogP) is 2.68. The second-order valence-corrected chi connectivity index (χ2v) is 14.3. The van der Waals surface area contributed by atoms with E-state index in [1.54, 1.807) is 0 Å². The van der Waals surface area contributed by atoms with Crippen molar-refractivity contribution in [2.75, 3.05) is 0 Å². The molecular formula is C16H9F10NO10S4. The summed E-state index contributed by atoms with van der Waals surface area (Å²) in [6.07, 6.45) is -14.7. The summed E-state index contributed by atoms with van der Waals surface area (Å²) in [6.45, 7) is 0. The number of benzene rings is 2. The second-order valence-electron chi connectivity index (χ2n) is 7.28. The van der Waals surface area contributed by atoms with Crippen molar-refractivity contribution in [1.29, 1.82) is 0 Å². The van der Waals surface area contributed by atoms with Crippen molar-refractivity contribution < 1.29 is 86.9 Å². The summed E-state index contributed by atoms with van der Waals surface area (Å²) in [4.78, 5) is -4.97. The van der Waals surface area contributed by atoms with Crippen LogP contribution in [0.5, 0.6) is 0 Å². The number of ether oxygens (including phenoxy) is 1. The Morgan fingerprint density at radius 1 is 0.659 bits per heavy atom. The molecule has 232 valence electrons. The highest BCUT2D eigenvalue weighted by Crippen LogP contribution is 2.50. The van der Waals surface area contributed by atoms with Gasteiger partial charge in [-0.1, -0.05) is 4.13 Å². The molecule has 2 aromatic carbocycles. The molecule has 0 fully saturated rings. The smallest absolute Gasteiger partial charge is 0.282 e. The van der Waals surface area contributed by atoms with Crippen molar-refractivity contribution in [3.8, 4) is 0 Å². The lowest BCUT2D eigenvalue weighted by molar-refractivity contribution is -0.442. The minimum Gasteiger partial charge on any atom is -0.282 e. The lowest BCUT2D eigenvalue weighted by atomic mass is 10.3. The summed E-state index contributed by atoms with van der Waals surface area (Å²) in [5, 5.41) is -14.3. The SMILES string of the molecule is O=S(=O)(O)c1ccc(S(=O)(=O)NS(=O)(=O)C(F)(F)C(F)(F)OC(F)(F)C(F)(F)S(=O)(=O)c2ccc(F)cc2F)cc1. The minimum absolute atomic E-state index is 0.0664. The van der Waals surface area contributed by atoms with Crippen molar-refractivity contribution in [3.63, 3.8) is 0 Å². The molecule has 0 saturated carbocycles. The standard InChI is InChI=1S/C16H9F10NO10S4/c17-8-1-6-12(11(18)7-8)38(28,29)15(23,24)13(19,20)37-14(21,22)16(25,26)41(35,36)27-39(30,31)9-2-4-10(5-3-9)40(32,33)34/h1-7,27H,(H,32,33,34). The van der Waals surface area contributed by atoms with E-state index >= 15 is 0 Å². The van der Waals surface area contributed by atoms with Crippen molar-refractivity contribution >= 4 is 40.0 Å². The number of sulfonamides is 2. The van der Waals surface area contributed by atoms with Crippen LogP contribution in [-0.2, 0) is 44.7 Å². The largest absolute Gasteiger partial charge is 0.449 e. The Kier molecular flexibility index (Phi) is 8.70. The van der Waals surface area contributed by atoms with E-state index in [0.29, 0.717) is 0 Å². The van der Waals surface area contributed by atoms with E-state index in [2.05, 4.69) is 0 Å².